The van der Waals surface area contributed by atoms with Crippen LogP contribution in [0.4, 0.5) is 0 Å². The number of ether oxygens (including phenoxy) is 1. The van der Waals surface area contributed by atoms with Gasteiger partial charge in [0.15, 0.2) is 0 Å². The van der Waals surface area contributed by atoms with E-state index in [1.165, 1.54) is 0 Å². The molecule has 1 aliphatic carbocycles. The second-order valence-corrected chi connectivity index (χ2v) is 2.42. The highest BCUT2D eigenvalue weighted by Crippen LogP contribution is 2.56. The summed E-state index contributed by atoms with van der Waals surface area (Å²) in [4.78, 5) is 10.2. The molecule has 48 valence electrons. The quantitative estimate of drug-likeness (QED) is 0.419. The van der Waals surface area contributed by atoms with Gasteiger partial charge in [-0.15, -0.1) is 0 Å². The van der Waals surface area contributed by atoms with Crippen molar-refractivity contribution in [2.75, 3.05) is 0 Å². The Morgan fingerprint density at radius 1 is 1.56 bits per heavy atom. The van der Waals surface area contributed by atoms with Crippen LogP contribution in [0.25, 0.3) is 0 Å². The lowest BCUT2D eigenvalue weighted by Gasteiger charge is -1.99. The van der Waals surface area contributed by atoms with Gasteiger partial charge in [0.2, 0.25) is 0 Å². The van der Waals surface area contributed by atoms with Crippen LogP contribution in [0.3, 0.4) is 0 Å². The van der Waals surface area contributed by atoms with E-state index >= 15 is 0 Å². The van der Waals surface area contributed by atoms with Gasteiger partial charge in [-0.25, -0.2) is 4.79 Å². The van der Waals surface area contributed by atoms with Crippen LogP contribution in [0, 0.1) is 5.92 Å². The number of aliphatic carboxylic acids is 1. The van der Waals surface area contributed by atoms with Crippen molar-refractivity contribution in [3.8, 4) is 0 Å². The molecule has 1 N–H and O–H groups in total. The first-order valence-electron chi connectivity index (χ1n) is 2.79. The number of epoxide rings is 1. The van der Waals surface area contributed by atoms with E-state index in [0.29, 0.717) is 5.57 Å². The van der Waals surface area contributed by atoms with Crippen molar-refractivity contribution in [1.29, 1.82) is 0 Å². The topological polar surface area (TPSA) is 49.8 Å². The second-order valence-electron chi connectivity index (χ2n) is 2.42. The fraction of sp³-hybridized carbons (Fsp3) is 0.500. The summed E-state index contributed by atoms with van der Waals surface area (Å²) in [6.45, 7) is 3.42. The normalized spacial score (nSPS) is 43.3. The van der Waals surface area contributed by atoms with Gasteiger partial charge in [0.25, 0.3) is 0 Å². The molecule has 1 aliphatic heterocycles. The highest BCUT2D eigenvalue weighted by Gasteiger charge is 2.69. The Hall–Kier alpha value is -0.830. The summed E-state index contributed by atoms with van der Waals surface area (Å²) in [6.07, 6.45) is 0.433. The number of fused-ring (bicyclic) bond motifs is 1. The molecule has 0 aromatic carbocycles. The second kappa shape index (κ2) is 1.19. The first-order chi connectivity index (χ1) is 4.22. The van der Waals surface area contributed by atoms with Crippen molar-refractivity contribution in [1.82, 2.24) is 0 Å². The molecule has 1 saturated carbocycles. The Labute approximate surface area is 51.9 Å². The van der Waals surface area contributed by atoms with Crippen LogP contribution in [0.1, 0.15) is 0 Å². The number of carboxylic acids is 1. The molecular formula is C6H6O3. The fourth-order valence-electron chi connectivity index (χ4n) is 1.01. The Morgan fingerprint density at radius 2 is 2.11 bits per heavy atom. The summed E-state index contributed by atoms with van der Waals surface area (Å²) in [7, 11) is 0. The molecule has 3 heteroatoms. The van der Waals surface area contributed by atoms with Gasteiger partial charge in [0.1, 0.15) is 0 Å². The molecule has 2 unspecified atom stereocenters. The summed E-state index contributed by atoms with van der Waals surface area (Å²) in [5, 5.41) is 8.38. The molecule has 3 nitrogen and oxygen atoms in total. The van der Waals surface area contributed by atoms with Crippen LogP contribution in [0.15, 0.2) is 12.2 Å². The molecule has 2 atom stereocenters. The first-order valence-corrected chi connectivity index (χ1v) is 2.79. The largest absolute Gasteiger partial charge is 0.478 e. The van der Waals surface area contributed by atoms with Gasteiger partial charge in [-0.05, 0) is 0 Å². The van der Waals surface area contributed by atoms with Crippen LogP contribution in [-0.4, -0.2) is 23.3 Å². The minimum absolute atomic E-state index is 0.141. The highest BCUT2D eigenvalue weighted by atomic mass is 16.6. The maximum Gasteiger partial charge on any atom is 0.331 e. The predicted molar refractivity (Wildman–Crippen MR) is 28.9 cm³/mol. The lowest BCUT2D eigenvalue weighted by molar-refractivity contribution is -0.133. The Balaban J connectivity index is 1.99. The van der Waals surface area contributed by atoms with E-state index < -0.39 is 5.97 Å². The van der Waals surface area contributed by atoms with Gasteiger partial charge >= 0.3 is 5.97 Å². The number of carbonyl (C=O) groups is 1. The Kier molecular flexibility index (Phi) is 0.658. The van der Waals surface area contributed by atoms with Crippen molar-refractivity contribution in [2.24, 2.45) is 5.92 Å². The van der Waals surface area contributed by atoms with Gasteiger partial charge in [-0.1, -0.05) is 6.58 Å². The average molecular weight is 126 g/mol. The molecule has 2 fully saturated rings. The van der Waals surface area contributed by atoms with Gasteiger partial charge < -0.3 is 9.84 Å². The molecule has 0 radical (unpaired) electrons. The number of hydrogen-bond donors (Lipinski definition) is 1. The zero-order valence-corrected chi connectivity index (χ0v) is 4.70. The van der Waals surface area contributed by atoms with E-state index in [9.17, 15) is 4.79 Å². The lowest BCUT2D eigenvalue weighted by Crippen LogP contribution is -2.08. The van der Waals surface area contributed by atoms with E-state index in [4.69, 9.17) is 9.84 Å². The van der Waals surface area contributed by atoms with Crippen molar-refractivity contribution < 1.29 is 14.6 Å². The SMILES string of the molecule is C=C(C(=O)O)C1C2OC21. The van der Waals surface area contributed by atoms with E-state index in [0.717, 1.165) is 0 Å². The zero-order valence-electron chi connectivity index (χ0n) is 4.70. The minimum atomic E-state index is -0.893. The fourth-order valence-corrected chi connectivity index (χ4v) is 1.01. The molecule has 1 saturated heterocycles. The Morgan fingerprint density at radius 3 is 2.22 bits per heavy atom. The molecule has 0 amide bonds. The molecule has 2 rings (SSSR count). The number of rotatable bonds is 2. The molecule has 0 aromatic heterocycles. The maximum atomic E-state index is 10.2. The van der Waals surface area contributed by atoms with Crippen molar-refractivity contribution >= 4 is 5.97 Å². The monoisotopic (exact) mass is 126 g/mol. The van der Waals surface area contributed by atoms with E-state index in [2.05, 4.69) is 6.58 Å². The third-order valence-electron chi connectivity index (χ3n) is 1.81. The van der Waals surface area contributed by atoms with Gasteiger partial charge in [0, 0.05) is 11.5 Å². The summed E-state index contributed by atoms with van der Waals surface area (Å²) >= 11 is 0. The number of hydrogen-bond acceptors (Lipinski definition) is 2. The molecule has 9 heavy (non-hydrogen) atoms. The van der Waals surface area contributed by atoms with Crippen molar-refractivity contribution in [3.63, 3.8) is 0 Å². The van der Waals surface area contributed by atoms with Crippen molar-refractivity contribution in [2.45, 2.75) is 12.2 Å². The van der Waals surface area contributed by atoms with Crippen LogP contribution in [0.2, 0.25) is 0 Å². The summed E-state index contributed by atoms with van der Waals surface area (Å²) in [5.74, 6) is -0.752. The van der Waals surface area contributed by atoms with Crippen LogP contribution in [0.5, 0.6) is 0 Å². The van der Waals surface area contributed by atoms with Crippen LogP contribution < -0.4 is 0 Å². The average Bonchev–Trinajstić information content (AvgIpc) is 2.46. The van der Waals surface area contributed by atoms with Gasteiger partial charge in [-0.3, -0.25) is 0 Å². The van der Waals surface area contributed by atoms with Crippen LogP contribution in [-0.2, 0) is 9.53 Å². The zero-order chi connectivity index (χ0) is 6.59. The molecule has 0 spiro atoms. The highest BCUT2D eigenvalue weighted by molar-refractivity contribution is 5.88. The predicted octanol–water partition coefficient (Wildman–Crippen LogP) is 0.0244. The lowest BCUT2D eigenvalue weighted by atomic mass is 10.2. The molecular weight excluding hydrogens is 120 g/mol. The number of carboxylic acid groups (broad SMARTS) is 1. The molecule has 0 aromatic rings. The summed E-state index contributed by atoms with van der Waals surface area (Å²) in [5.41, 5.74) is 0.302. The summed E-state index contributed by atoms with van der Waals surface area (Å²) in [6, 6.07) is 0. The van der Waals surface area contributed by atoms with Crippen molar-refractivity contribution in [3.05, 3.63) is 12.2 Å². The van der Waals surface area contributed by atoms with Gasteiger partial charge in [-0.2, -0.15) is 0 Å². The first kappa shape index (κ1) is 4.99. The Bertz CT molecular complexity index is 188. The van der Waals surface area contributed by atoms with Crippen LogP contribution >= 0.6 is 0 Å². The summed E-state index contributed by atoms with van der Waals surface area (Å²) < 4.78 is 4.87. The molecule has 0 bridgehead atoms. The minimum Gasteiger partial charge on any atom is -0.478 e. The van der Waals surface area contributed by atoms with E-state index in [-0.39, 0.29) is 18.1 Å². The smallest absolute Gasteiger partial charge is 0.331 e. The van der Waals surface area contributed by atoms with E-state index in [1.54, 1.807) is 0 Å². The molecule has 2 aliphatic rings. The maximum absolute atomic E-state index is 10.2. The van der Waals surface area contributed by atoms with Gasteiger partial charge in [0.05, 0.1) is 12.2 Å². The third kappa shape index (κ3) is 0.522. The standard InChI is InChI=1S/C6H6O3/c1-2(6(7)8)3-4-5(3)9-4/h3-5H,1H2,(H,7,8). The van der Waals surface area contributed by atoms with E-state index in [1.807, 2.05) is 0 Å². The molecule has 1 heterocycles. The third-order valence-corrected chi connectivity index (χ3v) is 1.81.